The number of fused-ring (bicyclic) bond motifs is 3. The van der Waals surface area contributed by atoms with Crippen LogP contribution in [0.15, 0.2) is 16.9 Å². The van der Waals surface area contributed by atoms with Gasteiger partial charge in [0.2, 0.25) is 0 Å². The fourth-order valence-electron chi connectivity index (χ4n) is 4.16. The Balaban J connectivity index is 2.15. The third kappa shape index (κ3) is 4.19. The van der Waals surface area contributed by atoms with Crippen LogP contribution in [-0.2, 0) is 11.2 Å². The summed E-state index contributed by atoms with van der Waals surface area (Å²) >= 11 is 0. The number of hydrogen-bond donors (Lipinski definition) is 1. The molecule has 1 aromatic heterocycles. The predicted molar refractivity (Wildman–Crippen MR) is 118 cm³/mol. The van der Waals surface area contributed by atoms with Gasteiger partial charge in [0.25, 0.3) is 5.56 Å². The highest BCUT2D eigenvalue weighted by Crippen LogP contribution is 2.48. The van der Waals surface area contributed by atoms with E-state index in [1.165, 1.54) is 0 Å². The Morgan fingerprint density at radius 1 is 1.13 bits per heavy atom. The van der Waals surface area contributed by atoms with E-state index in [1.54, 1.807) is 14.2 Å². The van der Waals surface area contributed by atoms with Crippen molar-refractivity contribution in [2.75, 3.05) is 34.0 Å². The molecule has 1 aliphatic rings. The number of hydrogen-bond acceptors (Lipinski definition) is 5. The molecule has 1 heterocycles. The first kappa shape index (κ1) is 22.2. The highest BCUT2D eigenvalue weighted by molar-refractivity contribution is 5.76. The smallest absolute Gasteiger partial charge is 0.255 e. The van der Waals surface area contributed by atoms with Crippen LogP contribution in [0.1, 0.15) is 49.8 Å². The van der Waals surface area contributed by atoms with Crippen molar-refractivity contribution in [1.29, 1.82) is 0 Å². The molecule has 6 nitrogen and oxygen atoms in total. The lowest BCUT2D eigenvalue weighted by Crippen LogP contribution is -2.24. The zero-order valence-corrected chi connectivity index (χ0v) is 18.9. The summed E-state index contributed by atoms with van der Waals surface area (Å²) in [6.45, 7) is 9.92. The second-order valence-corrected chi connectivity index (χ2v) is 8.04. The maximum Gasteiger partial charge on any atom is 0.255 e. The van der Waals surface area contributed by atoms with Crippen LogP contribution in [0.2, 0.25) is 0 Å². The average Bonchev–Trinajstić information content (AvgIpc) is 2.73. The van der Waals surface area contributed by atoms with Crippen LogP contribution in [0.4, 0.5) is 0 Å². The second-order valence-electron chi connectivity index (χ2n) is 8.04. The monoisotopic (exact) mass is 415 g/mol. The molecule has 1 aromatic carbocycles. The van der Waals surface area contributed by atoms with E-state index in [2.05, 4.69) is 24.9 Å². The number of H-pyrrole nitrogens is 1. The lowest BCUT2D eigenvalue weighted by atomic mass is 9.75. The summed E-state index contributed by atoms with van der Waals surface area (Å²) in [4.78, 5) is 15.8. The molecule has 0 amide bonds. The maximum absolute atomic E-state index is 12.7. The zero-order valence-electron chi connectivity index (χ0n) is 18.9. The standard InChI is InChI=1S/C24H33NO5/c1-7-29-23-15(4)24(26)25-22-18-13-19(28-6)20(30-10-8-9-27-5)12-16(18)11-17(14(2)3)21(22)23/h12-14,17H,7-11H2,1-6H3,(H,25,26). The van der Waals surface area contributed by atoms with Crippen LogP contribution < -0.4 is 19.8 Å². The molecular formula is C24H33NO5. The average molecular weight is 416 g/mol. The zero-order chi connectivity index (χ0) is 21.8. The van der Waals surface area contributed by atoms with Gasteiger partial charge in [0.05, 0.1) is 31.6 Å². The quantitative estimate of drug-likeness (QED) is 0.612. The van der Waals surface area contributed by atoms with Gasteiger partial charge in [-0.3, -0.25) is 4.79 Å². The van der Waals surface area contributed by atoms with Crippen molar-refractivity contribution >= 4 is 0 Å². The van der Waals surface area contributed by atoms with Gasteiger partial charge in [0.1, 0.15) is 5.75 Å². The molecule has 164 valence electrons. The summed E-state index contributed by atoms with van der Waals surface area (Å²) in [5.41, 5.74) is 4.55. The lowest BCUT2D eigenvalue weighted by Gasteiger charge is -2.32. The molecule has 1 atom stereocenters. The molecule has 3 rings (SSSR count). The highest BCUT2D eigenvalue weighted by atomic mass is 16.5. The third-order valence-corrected chi connectivity index (χ3v) is 5.75. The topological polar surface area (TPSA) is 69.8 Å². The van der Waals surface area contributed by atoms with Gasteiger partial charge in [-0.05, 0) is 49.8 Å². The molecule has 1 aliphatic carbocycles. The van der Waals surface area contributed by atoms with E-state index in [0.29, 0.717) is 37.1 Å². The number of aromatic amines is 1. The summed E-state index contributed by atoms with van der Waals surface area (Å²) in [6, 6.07) is 4.02. The fraction of sp³-hybridized carbons (Fsp3) is 0.542. The summed E-state index contributed by atoms with van der Waals surface area (Å²) in [5.74, 6) is 2.71. The third-order valence-electron chi connectivity index (χ3n) is 5.75. The van der Waals surface area contributed by atoms with Gasteiger partial charge in [0, 0.05) is 31.3 Å². The Kier molecular flexibility index (Phi) is 7.08. The molecule has 6 heteroatoms. The largest absolute Gasteiger partial charge is 0.493 e. The van der Waals surface area contributed by atoms with E-state index >= 15 is 0 Å². The van der Waals surface area contributed by atoms with Crippen LogP contribution in [0.3, 0.4) is 0 Å². The van der Waals surface area contributed by atoms with Gasteiger partial charge in [-0.15, -0.1) is 0 Å². The van der Waals surface area contributed by atoms with Crippen molar-refractivity contribution < 1.29 is 18.9 Å². The number of methoxy groups -OCH3 is 2. The molecule has 0 saturated carbocycles. The fourth-order valence-corrected chi connectivity index (χ4v) is 4.16. The maximum atomic E-state index is 12.7. The van der Waals surface area contributed by atoms with Crippen molar-refractivity contribution in [3.05, 3.63) is 39.2 Å². The van der Waals surface area contributed by atoms with Crippen LogP contribution in [0, 0.1) is 12.8 Å². The predicted octanol–water partition coefficient (Wildman–Crippen LogP) is 4.47. The molecule has 0 saturated heterocycles. The number of aromatic nitrogens is 1. The Hall–Kier alpha value is -2.47. The van der Waals surface area contributed by atoms with Crippen molar-refractivity contribution in [3.63, 3.8) is 0 Å². The second kappa shape index (κ2) is 9.56. The molecule has 0 spiro atoms. The molecule has 0 aliphatic heterocycles. The molecule has 1 unspecified atom stereocenters. The van der Waals surface area contributed by atoms with E-state index in [4.69, 9.17) is 18.9 Å². The van der Waals surface area contributed by atoms with Crippen LogP contribution in [0.25, 0.3) is 11.3 Å². The lowest BCUT2D eigenvalue weighted by molar-refractivity contribution is 0.170. The summed E-state index contributed by atoms with van der Waals surface area (Å²) in [6.07, 6.45) is 1.66. The van der Waals surface area contributed by atoms with Crippen molar-refractivity contribution in [3.8, 4) is 28.5 Å². The van der Waals surface area contributed by atoms with Crippen LogP contribution in [0.5, 0.6) is 17.2 Å². The summed E-state index contributed by atoms with van der Waals surface area (Å²) in [5, 5.41) is 0. The van der Waals surface area contributed by atoms with Crippen molar-refractivity contribution in [2.45, 2.75) is 46.5 Å². The van der Waals surface area contributed by atoms with Crippen LogP contribution >= 0.6 is 0 Å². The molecule has 0 fully saturated rings. The number of rotatable bonds is 9. The van der Waals surface area contributed by atoms with Gasteiger partial charge in [-0.1, -0.05) is 13.8 Å². The van der Waals surface area contributed by atoms with E-state index in [1.807, 2.05) is 19.9 Å². The van der Waals surface area contributed by atoms with Gasteiger partial charge in [-0.25, -0.2) is 0 Å². The Labute approximate surface area is 178 Å². The minimum atomic E-state index is -0.119. The molecule has 0 radical (unpaired) electrons. The Morgan fingerprint density at radius 3 is 2.53 bits per heavy atom. The number of nitrogens with one attached hydrogen (secondary N) is 1. The van der Waals surface area contributed by atoms with Gasteiger partial charge < -0.3 is 23.9 Å². The normalized spacial score (nSPS) is 15.0. The molecule has 1 N–H and O–H groups in total. The van der Waals surface area contributed by atoms with Crippen molar-refractivity contribution in [1.82, 2.24) is 4.98 Å². The summed E-state index contributed by atoms with van der Waals surface area (Å²) in [7, 11) is 3.32. The van der Waals surface area contributed by atoms with E-state index < -0.39 is 0 Å². The number of pyridine rings is 1. The minimum absolute atomic E-state index is 0.119. The van der Waals surface area contributed by atoms with E-state index in [-0.39, 0.29) is 11.5 Å². The molecular weight excluding hydrogens is 382 g/mol. The van der Waals surface area contributed by atoms with E-state index in [0.717, 1.165) is 46.7 Å². The first-order valence-electron chi connectivity index (χ1n) is 10.6. The van der Waals surface area contributed by atoms with Gasteiger partial charge >= 0.3 is 0 Å². The number of ether oxygens (including phenoxy) is 4. The Bertz CT molecular complexity index is 948. The SMILES string of the molecule is CCOc1c2c([nH]c(=O)c1C)-c1cc(OC)c(OCCCOC)cc1CC2C(C)C. The van der Waals surface area contributed by atoms with Crippen LogP contribution in [-0.4, -0.2) is 39.0 Å². The van der Waals surface area contributed by atoms with Gasteiger partial charge in [-0.2, -0.15) is 0 Å². The van der Waals surface area contributed by atoms with E-state index in [9.17, 15) is 4.79 Å². The minimum Gasteiger partial charge on any atom is -0.493 e. The first-order chi connectivity index (χ1) is 14.4. The summed E-state index contributed by atoms with van der Waals surface area (Å²) < 4.78 is 22.7. The molecule has 30 heavy (non-hydrogen) atoms. The molecule has 0 bridgehead atoms. The first-order valence-corrected chi connectivity index (χ1v) is 10.6. The molecule has 2 aromatic rings. The highest BCUT2D eigenvalue weighted by Gasteiger charge is 2.33. The number of benzene rings is 1. The Morgan fingerprint density at radius 2 is 1.90 bits per heavy atom. The van der Waals surface area contributed by atoms with Crippen molar-refractivity contribution in [2.24, 2.45) is 5.92 Å². The van der Waals surface area contributed by atoms with Gasteiger partial charge in [0.15, 0.2) is 11.5 Å².